The van der Waals surface area contributed by atoms with Crippen LogP contribution in [0.3, 0.4) is 0 Å². The van der Waals surface area contributed by atoms with Gasteiger partial charge in [-0.3, -0.25) is 14.9 Å². The molecule has 1 aromatic carbocycles. The van der Waals surface area contributed by atoms with Gasteiger partial charge in [-0.2, -0.15) is 8.78 Å². The van der Waals surface area contributed by atoms with E-state index in [4.69, 9.17) is 13.9 Å². The topological polar surface area (TPSA) is 121 Å². The minimum absolute atomic E-state index is 0.0193. The Bertz CT molecular complexity index is 999. The zero-order chi connectivity index (χ0) is 23.1. The van der Waals surface area contributed by atoms with Crippen LogP contribution in [0.5, 0.6) is 5.75 Å². The van der Waals surface area contributed by atoms with Crippen LogP contribution < -0.4 is 10.1 Å². The molecular formula is C20H19F2NO8. The van der Waals surface area contributed by atoms with Gasteiger partial charge in [0.15, 0.2) is 12.4 Å². The highest BCUT2D eigenvalue weighted by Crippen LogP contribution is 2.28. The third-order valence-corrected chi connectivity index (χ3v) is 3.83. The van der Waals surface area contributed by atoms with Crippen molar-refractivity contribution in [3.8, 4) is 5.75 Å². The molecule has 166 valence electrons. The van der Waals surface area contributed by atoms with Crippen molar-refractivity contribution in [3.63, 3.8) is 0 Å². The van der Waals surface area contributed by atoms with Crippen LogP contribution >= 0.6 is 0 Å². The summed E-state index contributed by atoms with van der Waals surface area (Å²) in [6, 6.07) is 5.11. The second-order valence-electron chi connectivity index (χ2n) is 6.01. The fourth-order valence-corrected chi connectivity index (χ4v) is 2.66. The molecule has 0 atom stereocenters. The quantitative estimate of drug-likeness (QED) is 0.466. The van der Waals surface area contributed by atoms with Crippen LogP contribution in [0.4, 0.5) is 14.7 Å². The Balaban J connectivity index is 2.14. The minimum atomic E-state index is -3.16. The number of hydrogen-bond donors (Lipinski definition) is 1. The molecule has 9 nitrogen and oxygen atoms in total. The molecule has 2 aromatic rings. The van der Waals surface area contributed by atoms with Crippen LogP contribution in [0.2, 0.25) is 0 Å². The summed E-state index contributed by atoms with van der Waals surface area (Å²) in [5, 5.41) is 2.23. The van der Waals surface area contributed by atoms with Crippen LogP contribution in [-0.4, -0.2) is 43.5 Å². The predicted octanol–water partition coefficient (Wildman–Crippen LogP) is 3.36. The van der Waals surface area contributed by atoms with E-state index in [0.717, 1.165) is 6.07 Å². The molecular weight excluding hydrogens is 420 g/mol. The van der Waals surface area contributed by atoms with Crippen molar-refractivity contribution in [2.45, 2.75) is 27.4 Å². The van der Waals surface area contributed by atoms with Gasteiger partial charge in [0.1, 0.15) is 22.6 Å². The highest BCUT2D eigenvalue weighted by atomic mass is 19.3. The Kier molecular flexibility index (Phi) is 7.83. The van der Waals surface area contributed by atoms with E-state index in [2.05, 4.69) is 10.1 Å². The Labute approximate surface area is 175 Å². The van der Waals surface area contributed by atoms with E-state index in [-0.39, 0.29) is 34.9 Å². The van der Waals surface area contributed by atoms with Crippen molar-refractivity contribution < 1.29 is 46.6 Å². The molecule has 1 N–H and O–H groups in total. The zero-order valence-corrected chi connectivity index (χ0v) is 16.8. The molecule has 0 spiro atoms. The first-order chi connectivity index (χ1) is 14.6. The first kappa shape index (κ1) is 23.5. The standard InChI is InChI=1S/C20H19F2NO8/c1-4-28-19(27)16-15(10(2)24)11(3)30-17(16)23-14(25)9-29-18(26)12-7-5-6-8-13(12)31-20(21)22/h5-8,20H,4,9H2,1-3H3,(H,23,25). The van der Waals surface area contributed by atoms with E-state index in [1.54, 1.807) is 6.92 Å². The van der Waals surface area contributed by atoms with Gasteiger partial charge in [-0.05, 0) is 32.9 Å². The van der Waals surface area contributed by atoms with Crippen molar-refractivity contribution in [1.82, 2.24) is 0 Å². The number of aryl methyl sites for hydroxylation is 1. The van der Waals surface area contributed by atoms with Crippen molar-refractivity contribution in [3.05, 3.63) is 46.7 Å². The molecule has 0 aliphatic carbocycles. The van der Waals surface area contributed by atoms with Gasteiger partial charge >= 0.3 is 18.6 Å². The van der Waals surface area contributed by atoms with Crippen LogP contribution in [0.1, 0.15) is 50.7 Å². The lowest BCUT2D eigenvalue weighted by atomic mass is 10.1. The molecule has 1 aromatic heterocycles. The maximum absolute atomic E-state index is 12.5. The zero-order valence-electron chi connectivity index (χ0n) is 16.8. The van der Waals surface area contributed by atoms with E-state index in [9.17, 15) is 28.0 Å². The summed E-state index contributed by atoms with van der Waals surface area (Å²) in [4.78, 5) is 48.4. The number of rotatable bonds is 9. The Hall–Kier alpha value is -3.76. The number of amides is 1. The summed E-state index contributed by atoms with van der Waals surface area (Å²) in [6.07, 6.45) is 0. The number of nitrogens with one attached hydrogen (secondary N) is 1. The number of para-hydroxylation sites is 1. The number of alkyl halides is 2. The predicted molar refractivity (Wildman–Crippen MR) is 101 cm³/mol. The van der Waals surface area contributed by atoms with Gasteiger partial charge in [0.25, 0.3) is 5.91 Å². The number of carbonyl (C=O) groups is 4. The average molecular weight is 439 g/mol. The van der Waals surface area contributed by atoms with Gasteiger partial charge < -0.3 is 18.6 Å². The molecule has 0 saturated heterocycles. The Morgan fingerprint density at radius 3 is 2.35 bits per heavy atom. The van der Waals surface area contributed by atoms with Crippen molar-refractivity contribution in [2.75, 3.05) is 18.5 Å². The number of anilines is 1. The molecule has 2 rings (SSSR count). The number of halogens is 2. The Morgan fingerprint density at radius 2 is 1.74 bits per heavy atom. The largest absolute Gasteiger partial charge is 0.462 e. The van der Waals surface area contributed by atoms with Crippen molar-refractivity contribution >= 4 is 29.5 Å². The first-order valence-electron chi connectivity index (χ1n) is 8.97. The van der Waals surface area contributed by atoms with Gasteiger partial charge in [0, 0.05) is 0 Å². The van der Waals surface area contributed by atoms with Crippen LogP contribution in [0.15, 0.2) is 28.7 Å². The molecule has 1 amide bonds. The molecule has 0 unspecified atom stereocenters. The monoisotopic (exact) mass is 439 g/mol. The number of carbonyl (C=O) groups excluding carboxylic acids is 4. The van der Waals surface area contributed by atoms with E-state index in [1.165, 1.54) is 32.0 Å². The van der Waals surface area contributed by atoms with E-state index >= 15 is 0 Å². The van der Waals surface area contributed by atoms with Crippen molar-refractivity contribution in [1.29, 1.82) is 0 Å². The molecule has 0 bridgehead atoms. The van der Waals surface area contributed by atoms with Gasteiger partial charge in [-0.1, -0.05) is 12.1 Å². The molecule has 0 radical (unpaired) electrons. The smallest absolute Gasteiger partial charge is 0.387 e. The summed E-state index contributed by atoms with van der Waals surface area (Å²) in [7, 11) is 0. The second-order valence-corrected chi connectivity index (χ2v) is 6.01. The van der Waals surface area contributed by atoms with Crippen LogP contribution in [0, 0.1) is 6.92 Å². The average Bonchev–Trinajstić information content (AvgIpc) is 3.02. The summed E-state index contributed by atoms with van der Waals surface area (Å²) in [6.45, 7) is 0.231. The van der Waals surface area contributed by atoms with Gasteiger partial charge in [0.05, 0.1) is 12.2 Å². The lowest BCUT2D eigenvalue weighted by molar-refractivity contribution is -0.119. The SMILES string of the molecule is CCOC(=O)c1c(NC(=O)COC(=O)c2ccccc2OC(F)F)oc(C)c1C(C)=O. The Morgan fingerprint density at radius 1 is 1.06 bits per heavy atom. The highest BCUT2D eigenvalue weighted by molar-refractivity contribution is 6.11. The number of ether oxygens (including phenoxy) is 3. The number of ketones is 1. The molecule has 1 heterocycles. The summed E-state index contributed by atoms with van der Waals surface area (Å²) in [5.74, 6) is -4.03. The summed E-state index contributed by atoms with van der Waals surface area (Å²) < 4.78 is 44.2. The lowest BCUT2D eigenvalue weighted by Gasteiger charge is -2.10. The number of furan rings is 1. The molecule has 0 fully saturated rings. The number of Topliss-reactive ketones (excluding diaryl/α,β-unsaturated/α-hetero) is 1. The minimum Gasteiger partial charge on any atom is -0.462 e. The number of esters is 2. The fraction of sp³-hybridized carbons (Fsp3) is 0.300. The summed E-state index contributed by atoms with van der Waals surface area (Å²) >= 11 is 0. The maximum Gasteiger partial charge on any atom is 0.387 e. The van der Waals surface area contributed by atoms with E-state index < -0.39 is 42.6 Å². The third kappa shape index (κ3) is 5.87. The highest BCUT2D eigenvalue weighted by Gasteiger charge is 2.29. The first-order valence-corrected chi connectivity index (χ1v) is 8.97. The molecule has 31 heavy (non-hydrogen) atoms. The van der Waals surface area contributed by atoms with Gasteiger partial charge in [-0.15, -0.1) is 0 Å². The van der Waals surface area contributed by atoms with Crippen LogP contribution in [0.25, 0.3) is 0 Å². The fourth-order valence-electron chi connectivity index (χ4n) is 2.66. The molecule has 0 aliphatic rings. The third-order valence-electron chi connectivity index (χ3n) is 3.83. The molecule has 0 saturated carbocycles. The van der Waals surface area contributed by atoms with Gasteiger partial charge in [-0.25, -0.2) is 9.59 Å². The lowest BCUT2D eigenvalue weighted by Crippen LogP contribution is -2.22. The second kappa shape index (κ2) is 10.3. The van der Waals surface area contributed by atoms with E-state index in [1.807, 2.05) is 0 Å². The molecule has 11 heteroatoms. The normalized spacial score (nSPS) is 10.5. The maximum atomic E-state index is 12.5. The molecule has 0 aliphatic heterocycles. The van der Waals surface area contributed by atoms with Gasteiger partial charge in [0.2, 0.25) is 5.88 Å². The van der Waals surface area contributed by atoms with Crippen molar-refractivity contribution in [2.24, 2.45) is 0 Å². The number of benzene rings is 1. The van der Waals surface area contributed by atoms with E-state index in [0.29, 0.717) is 0 Å². The van der Waals surface area contributed by atoms with Crippen LogP contribution in [-0.2, 0) is 14.3 Å². The summed E-state index contributed by atoms with van der Waals surface area (Å²) in [5.41, 5.74) is -0.624. The number of hydrogen-bond acceptors (Lipinski definition) is 8.